The molecule has 8 heavy (non-hydrogen) atoms. The summed E-state index contributed by atoms with van der Waals surface area (Å²) in [6.07, 6.45) is 0. The van der Waals surface area contributed by atoms with E-state index in [2.05, 4.69) is 25.2 Å². The summed E-state index contributed by atoms with van der Waals surface area (Å²) in [6.45, 7) is 0. The molecule has 1 heterocycles. The highest BCUT2D eigenvalue weighted by Crippen LogP contribution is 1.99. The maximum Gasteiger partial charge on any atom is 0.522 e. The maximum absolute atomic E-state index is 9.26. The van der Waals surface area contributed by atoms with Crippen molar-refractivity contribution in [2.45, 2.75) is 0 Å². The lowest BCUT2D eigenvalue weighted by Crippen LogP contribution is -1.73. The Balaban J connectivity index is 2.74. The first-order valence-electron chi connectivity index (χ1n) is 1.62. The van der Waals surface area contributed by atoms with Crippen LogP contribution in [-0.2, 0) is 0 Å². The minimum atomic E-state index is -0.236. The highest BCUT2D eigenvalue weighted by molar-refractivity contribution is 5.75. The molecule has 7 nitrogen and oxygen atoms in total. The first-order chi connectivity index (χ1) is 3.93. The number of hydrogen-bond acceptors (Lipinski definition) is 4. The van der Waals surface area contributed by atoms with Crippen LogP contribution in [-0.4, -0.2) is 6.03 Å². The van der Waals surface area contributed by atoms with Gasteiger partial charge in [0, 0.05) is 0 Å². The molecular weight excluding hydrogens is 114 g/mol. The van der Waals surface area contributed by atoms with Crippen molar-refractivity contribution in [1.82, 2.24) is 0 Å². The largest absolute Gasteiger partial charge is 0.522 e. The molecular formula is CN5O2+. The Kier molecular flexibility index (Phi) is 1.13. The van der Waals surface area contributed by atoms with E-state index in [9.17, 15) is 4.91 Å². The molecule has 1 rings (SSSR count). The molecule has 0 spiro atoms. The third-order valence-corrected chi connectivity index (χ3v) is 0.419. The number of carbonyl (C=O) groups excluding carboxylic acids is 1. The van der Waals surface area contributed by atoms with Crippen LogP contribution in [0.1, 0.15) is 0 Å². The van der Waals surface area contributed by atoms with E-state index < -0.39 is 0 Å². The molecule has 0 atom stereocenters. The normalized spacial score (nSPS) is 14.8. The van der Waals surface area contributed by atoms with Gasteiger partial charge in [-0.15, -0.1) is 4.53 Å². The summed E-state index contributed by atoms with van der Waals surface area (Å²) in [5.41, 5.74) is 0. The topological polar surface area (TPSA) is 90.2 Å². The molecule has 0 aliphatic carbocycles. The Bertz CT molecular complexity index is 165. The van der Waals surface area contributed by atoms with E-state index in [4.69, 9.17) is 0 Å². The monoisotopic (exact) mass is 114 g/mol. The fraction of sp³-hybridized carbons (Fsp3) is 0. The number of amides is 2. The molecule has 0 radical (unpaired) electrons. The lowest BCUT2D eigenvalue weighted by Gasteiger charge is -1.56. The fourth-order valence-corrected chi connectivity index (χ4v) is 0.206. The Hall–Kier alpha value is -1.53. The van der Waals surface area contributed by atoms with E-state index in [1.54, 1.807) is 0 Å². The SMILES string of the molecule is O=N[O+]=C1N=NN=N1. The van der Waals surface area contributed by atoms with Gasteiger partial charge in [0.25, 0.3) is 0 Å². The van der Waals surface area contributed by atoms with E-state index in [1.165, 1.54) is 0 Å². The van der Waals surface area contributed by atoms with Crippen molar-refractivity contribution < 1.29 is 4.53 Å². The van der Waals surface area contributed by atoms with Crippen molar-refractivity contribution in [2.75, 3.05) is 0 Å². The van der Waals surface area contributed by atoms with E-state index in [0.717, 1.165) is 0 Å². The summed E-state index contributed by atoms with van der Waals surface area (Å²) in [7, 11) is 0. The molecule has 0 unspecified atom stereocenters. The quantitative estimate of drug-likeness (QED) is 0.285. The summed E-state index contributed by atoms with van der Waals surface area (Å²) >= 11 is 0. The summed E-state index contributed by atoms with van der Waals surface area (Å²) < 4.78 is 3.87. The molecule has 0 aromatic rings. The summed E-state index contributed by atoms with van der Waals surface area (Å²) in [5, 5.41) is 14.3. The molecule has 0 N–H and O–H groups in total. The van der Waals surface area contributed by atoms with Gasteiger partial charge in [-0.25, -0.2) is 0 Å². The van der Waals surface area contributed by atoms with Crippen LogP contribution in [0, 0.1) is 4.91 Å². The summed E-state index contributed by atoms with van der Waals surface area (Å²) in [6, 6.07) is -0.236. The van der Waals surface area contributed by atoms with Gasteiger partial charge in [0.05, 0.1) is 0 Å². The standard InChI is InChI=1S/CN5O2/c7-6-8-1-2-4-5-3-1/q+1. The lowest BCUT2D eigenvalue weighted by atomic mass is 11.2. The van der Waals surface area contributed by atoms with Crippen molar-refractivity contribution >= 4 is 6.03 Å². The number of urea groups is 1. The summed E-state index contributed by atoms with van der Waals surface area (Å²) in [4.78, 5) is 9.26. The van der Waals surface area contributed by atoms with Gasteiger partial charge in [0.1, 0.15) is 0 Å². The van der Waals surface area contributed by atoms with Crippen LogP contribution in [0.15, 0.2) is 26.0 Å². The molecule has 0 saturated heterocycles. The molecule has 2 amide bonds. The molecule has 0 saturated carbocycles. The van der Waals surface area contributed by atoms with Gasteiger partial charge in [-0.3, -0.25) is 0 Å². The molecule has 0 aromatic heterocycles. The third-order valence-electron chi connectivity index (χ3n) is 0.419. The molecule has 0 aromatic carbocycles. The molecule has 40 valence electrons. The summed E-state index contributed by atoms with van der Waals surface area (Å²) in [5.74, 6) is 0. The number of nitrogens with zero attached hydrogens (tertiary/aromatic N) is 5. The average Bonchev–Trinajstić information content (AvgIpc) is 2.19. The zero-order valence-electron chi connectivity index (χ0n) is 3.55. The minimum absolute atomic E-state index is 0.236. The second kappa shape index (κ2) is 1.96. The maximum atomic E-state index is 9.26. The van der Waals surface area contributed by atoms with Crippen molar-refractivity contribution in [1.29, 1.82) is 0 Å². The Morgan fingerprint density at radius 1 is 1.38 bits per heavy atom. The van der Waals surface area contributed by atoms with Gasteiger partial charge < -0.3 is 0 Å². The molecule has 1 aliphatic rings. The van der Waals surface area contributed by atoms with E-state index in [-0.39, 0.29) is 6.03 Å². The number of hydrogen-bond donors (Lipinski definition) is 0. The molecule has 1 aliphatic heterocycles. The zero-order valence-corrected chi connectivity index (χ0v) is 3.55. The van der Waals surface area contributed by atoms with Crippen LogP contribution in [0.5, 0.6) is 0 Å². The van der Waals surface area contributed by atoms with Gasteiger partial charge in [0.2, 0.25) is 4.91 Å². The van der Waals surface area contributed by atoms with Crippen LogP contribution >= 0.6 is 0 Å². The molecule has 7 heteroatoms. The van der Waals surface area contributed by atoms with Gasteiger partial charge in [-0.1, -0.05) is 0 Å². The fourth-order valence-electron chi connectivity index (χ4n) is 0.206. The Morgan fingerprint density at radius 3 is 2.50 bits per heavy atom. The second-order valence-electron chi connectivity index (χ2n) is 0.827. The zero-order chi connectivity index (χ0) is 5.82. The van der Waals surface area contributed by atoms with Gasteiger partial charge in [-0.05, 0) is 20.7 Å². The highest BCUT2D eigenvalue weighted by Gasteiger charge is 2.08. The van der Waals surface area contributed by atoms with E-state index >= 15 is 0 Å². The van der Waals surface area contributed by atoms with Crippen molar-refractivity contribution in [3.05, 3.63) is 4.91 Å². The first kappa shape index (κ1) is 4.62. The van der Waals surface area contributed by atoms with Gasteiger partial charge >= 0.3 is 11.4 Å². The van der Waals surface area contributed by atoms with E-state index in [1.807, 2.05) is 5.34 Å². The first-order valence-corrected chi connectivity index (χ1v) is 1.62. The van der Waals surface area contributed by atoms with E-state index in [0.29, 0.717) is 0 Å². The molecule has 0 bridgehead atoms. The smallest absolute Gasteiger partial charge is 0.101 e. The van der Waals surface area contributed by atoms with Crippen LogP contribution in [0.25, 0.3) is 0 Å². The molecule has 0 fully saturated rings. The highest BCUT2D eigenvalue weighted by atomic mass is 16.7. The predicted molar refractivity (Wildman–Crippen MR) is 20.9 cm³/mol. The van der Waals surface area contributed by atoms with Crippen LogP contribution < -0.4 is 0 Å². The van der Waals surface area contributed by atoms with Crippen LogP contribution in [0.4, 0.5) is 4.53 Å². The van der Waals surface area contributed by atoms with Crippen LogP contribution in [0.2, 0.25) is 0 Å². The van der Waals surface area contributed by atoms with Crippen molar-refractivity contribution in [3.8, 4) is 0 Å². The Labute approximate surface area is 42.7 Å². The minimum Gasteiger partial charge on any atom is -0.101 e. The van der Waals surface area contributed by atoms with Gasteiger partial charge in [0.15, 0.2) is 0 Å². The predicted octanol–water partition coefficient (Wildman–Crippen LogP) is 1.16. The average molecular weight is 114 g/mol. The van der Waals surface area contributed by atoms with Crippen molar-refractivity contribution in [2.24, 2.45) is 26.0 Å². The van der Waals surface area contributed by atoms with Gasteiger partial charge in [-0.2, -0.15) is 0 Å². The third kappa shape index (κ3) is 0.750. The second-order valence-corrected chi connectivity index (χ2v) is 0.827. The van der Waals surface area contributed by atoms with Crippen LogP contribution in [0.3, 0.4) is 0 Å². The lowest BCUT2D eigenvalue weighted by molar-refractivity contribution is -0.139. The van der Waals surface area contributed by atoms with Crippen molar-refractivity contribution in [3.63, 3.8) is 0 Å². The number of rotatable bonds is 1. The Morgan fingerprint density at radius 2 is 2.00 bits per heavy atom.